The second kappa shape index (κ2) is 6.50. The minimum Gasteiger partial charge on any atom is -0.383 e. The van der Waals surface area contributed by atoms with Gasteiger partial charge in [0.1, 0.15) is 19.0 Å². The summed E-state index contributed by atoms with van der Waals surface area (Å²) in [6.07, 6.45) is -2.77. The zero-order chi connectivity index (χ0) is 13.8. The maximum atomic E-state index is 11.9. The molecule has 2 N–H and O–H groups in total. The van der Waals surface area contributed by atoms with Gasteiger partial charge >= 0.3 is 6.18 Å². The van der Waals surface area contributed by atoms with E-state index in [9.17, 15) is 13.2 Å². The predicted molar refractivity (Wildman–Crippen MR) is 68.9 cm³/mol. The summed E-state index contributed by atoms with van der Waals surface area (Å²) in [6.45, 7) is 0.372. The van der Waals surface area contributed by atoms with Crippen LogP contribution in [0.2, 0.25) is 0 Å². The molecule has 102 valence electrons. The molecule has 8 heteroatoms. The molecule has 0 unspecified atom stereocenters. The Hall–Kier alpha value is -0.640. The Morgan fingerprint density at radius 2 is 2.00 bits per heavy atom. The lowest BCUT2D eigenvalue weighted by Crippen LogP contribution is -2.18. The highest BCUT2D eigenvalue weighted by Gasteiger charge is 2.27. The van der Waals surface area contributed by atoms with E-state index in [-0.39, 0.29) is 18.2 Å². The third-order valence-corrected chi connectivity index (χ3v) is 3.15. The number of ether oxygens (including phenoxy) is 1. The van der Waals surface area contributed by atoms with E-state index in [4.69, 9.17) is 5.73 Å². The molecule has 0 saturated carbocycles. The van der Waals surface area contributed by atoms with Crippen molar-refractivity contribution in [2.24, 2.45) is 0 Å². The van der Waals surface area contributed by atoms with Gasteiger partial charge in [-0.3, -0.25) is 0 Å². The zero-order valence-electron chi connectivity index (χ0n) is 9.72. The summed E-state index contributed by atoms with van der Waals surface area (Å²) in [7, 11) is 0. The van der Waals surface area contributed by atoms with Crippen molar-refractivity contribution < 1.29 is 17.9 Å². The summed E-state index contributed by atoms with van der Waals surface area (Å²) in [6, 6.07) is 0. The Morgan fingerprint density at radius 1 is 1.33 bits per heavy atom. The Balaban J connectivity index is 2.72. The van der Waals surface area contributed by atoms with E-state index < -0.39 is 12.8 Å². The minimum absolute atomic E-state index is 0.181. The second-order valence-electron chi connectivity index (χ2n) is 3.64. The van der Waals surface area contributed by atoms with Crippen molar-refractivity contribution in [2.45, 2.75) is 32.5 Å². The highest BCUT2D eigenvalue weighted by atomic mass is 127. The Morgan fingerprint density at radius 3 is 2.56 bits per heavy atom. The van der Waals surface area contributed by atoms with Crippen molar-refractivity contribution in [3.8, 4) is 0 Å². The van der Waals surface area contributed by atoms with Crippen molar-refractivity contribution >= 4 is 28.4 Å². The number of aromatic nitrogens is 2. The first-order chi connectivity index (χ1) is 8.33. The lowest BCUT2D eigenvalue weighted by Gasteiger charge is -2.10. The van der Waals surface area contributed by atoms with Gasteiger partial charge < -0.3 is 10.5 Å². The fraction of sp³-hybridized carbons (Fsp3) is 0.600. The fourth-order valence-corrected chi connectivity index (χ4v) is 1.80. The Kier molecular flexibility index (Phi) is 5.57. The van der Waals surface area contributed by atoms with Crippen molar-refractivity contribution in [3.63, 3.8) is 0 Å². The van der Waals surface area contributed by atoms with Crippen LogP contribution in [-0.2, 0) is 17.8 Å². The predicted octanol–water partition coefficient (Wildman–Crippen LogP) is 2.69. The first-order valence-electron chi connectivity index (χ1n) is 5.28. The highest BCUT2D eigenvalue weighted by Crippen LogP contribution is 2.19. The van der Waals surface area contributed by atoms with E-state index in [0.29, 0.717) is 6.42 Å². The van der Waals surface area contributed by atoms with E-state index >= 15 is 0 Å². The van der Waals surface area contributed by atoms with E-state index in [1.54, 1.807) is 0 Å². The average molecular weight is 375 g/mol. The van der Waals surface area contributed by atoms with E-state index in [1.165, 1.54) is 0 Å². The van der Waals surface area contributed by atoms with Crippen molar-refractivity contribution in [2.75, 3.05) is 12.3 Å². The third-order valence-electron chi connectivity index (χ3n) is 1.98. The number of rotatable bonds is 5. The van der Waals surface area contributed by atoms with Crippen molar-refractivity contribution in [3.05, 3.63) is 15.1 Å². The molecular formula is C10H13F3IN3O. The molecule has 1 aromatic rings. The fourth-order valence-electron chi connectivity index (χ4n) is 1.29. The molecule has 0 aliphatic rings. The molecule has 1 heterocycles. The number of anilines is 1. The molecule has 0 radical (unpaired) electrons. The number of nitrogen functional groups attached to an aromatic ring is 1. The maximum Gasteiger partial charge on any atom is 0.411 e. The van der Waals surface area contributed by atoms with Crippen LogP contribution >= 0.6 is 22.6 Å². The molecule has 0 atom stereocenters. The molecule has 1 rings (SSSR count). The van der Waals surface area contributed by atoms with Gasteiger partial charge in [-0.2, -0.15) is 13.2 Å². The number of alkyl halides is 3. The Bertz CT molecular complexity index is 412. The summed E-state index contributed by atoms with van der Waals surface area (Å²) >= 11 is 2.02. The van der Waals surface area contributed by atoms with Gasteiger partial charge in [0, 0.05) is 0 Å². The van der Waals surface area contributed by atoms with Crippen molar-refractivity contribution in [1.82, 2.24) is 9.97 Å². The van der Waals surface area contributed by atoms with Crippen LogP contribution in [0, 0.1) is 3.57 Å². The summed E-state index contributed by atoms with van der Waals surface area (Å²) in [4.78, 5) is 8.05. The van der Waals surface area contributed by atoms with Gasteiger partial charge in [-0.15, -0.1) is 0 Å². The summed E-state index contributed by atoms with van der Waals surface area (Å²) < 4.78 is 41.0. The molecular weight excluding hydrogens is 362 g/mol. The number of nitrogens with zero attached hydrogens (tertiary/aromatic N) is 2. The van der Waals surface area contributed by atoms with Gasteiger partial charge in [0.2, 0.25) is 0 Å². The molecule has 1 aromatic heterocycles. The zero-order valence-corrected chi connectivity index (χ0v) is 11.9. The van der Waals surface area contributed by atoms with Crippen LogP contribution in [0.3, 0.4) is 0 Å². The summed E-state index contributed by atoms with van der Waals surface area (Å²) in [5.41, 5.74) is 6.42. The van der Waals surface area contributed by atoms with Crippen LogP contribution in [0.15, 0.2) is 0 Å². The molecule has 0 spiro atoms. The van der Waals surface area contributed by atoms with E-state index in [0.717, 1.165) is 15.7 Å². The second-order valence-corrected chi connectivity index (χ2v) is 4.72. The first kappa shape index (κ1) is 15.4. The monoisotopic (exact) mass is 375 g/mol. The topological polar surface area (TPSA) is 61.0 Å². The molecule has 0 amide bonds. The molecule has 0 aromatic carbocycles. The Labute approximate surface area is 116 Å². The molecule has 0 fully saturated rings. The van der Waals surface area contributed by atoms with E-state index in [2.05, 4.69) is 14.7 Å². The smallest absolute Gasteiger partial charge is 0.383 e. The van der Waals surface area contributed by atoms with Gasteiger partial charge in [-0.05, 0) is 29.0 Å². The van der Waals surface area contributed by atoms with Crippen molar-refractivity contribution in [1.29, 1.82) is 0 Å². The minimum atomic E-state index is -4.35. The third kappa shape index (κ3) is 4.92. The largest absolute Gasteiger partial charge is 0.411 e. The molecule has 0 bridgehead atoms. The van der Waals surface area contributed by atoms with Gasteiger partial charge in [0.05, 0.1) is 9.26 Å². The quantitative estimate of drug-likeness (QED) is 0.805. The lowest BCUT2D eigenvalue weighted by molar-refractivity contribution is -0.177. The number of halogens is 4. The van der Waals surface area contributed by atoms with Crippen LogP contribution in [-0.4, -0.2) is 22.8 Å². The SMILES string of the molecule is CCCc1nc(COCC(F)(F)F)nc(N)c1I. The van der Waals surface area contributed by atoms with Crippen LogP contribution in [0.1, 0.15) is 24.9 Å². The molecule has 4 nitrogen and oxygen atoms in total. The van der Waals surface area contributed by atoms with E-state index in [1.807, 2.05) is 29.5 Å². The van der Waals surface area contributed by atoms with Crippen LogP contribution in [0.4, 0.5) is 19.0 Å². The van der Waals surface area contributed by atoms with Crippen LogP contribution in [0.5, 0.6) is 0 Å². The maximum absolute atomic E-state index is 11.9. The van der Waals surface area contributed by atoms with Gasteiger partial charge in [-0.1, -0.05) is 13.3 Å². The molecule has 0 aliphatic carbocycles. The molecule has 0 saturated heterocycles. The van der Waals surface area contributed by atoms with Gasteiger partial charge in [0.25, 0.3) is 0 Å². The first-order valence-corrected chi connectivity index (χ1v) is 6.36. The highest BCUT2D eigenvalue weighted by molar-refractivity contribution is 14.1. The summed E-state index contributed by atoms with van der Waals surface area (Å²) in [5, 5.41) is 0. The van der Waals surface area contributed by atoms with Gasteiger partial charge in [-0.25, -0.2) is 9.97 Å². The number of hydrogen-bond donors (Lipinski definition) is 1. The van der Waals surface area contributed by atoms with Crippen LogP contribution < -0.4 is 5.73 Å². The number of aryl methyl sites for hydroxylation is 1. The molecule has 18 heavy (non-hydrogen) atoms. The van der Waals surface area contributed by atoms with Gasteiger partial charge in [0.15, 0.2) is 5.82 Å². The lowest BCUT2D eigenvalue weighted by atomic mass is 10.2. The summed E-state index contributed by atoms with van der Waals surface area (Å²) in [5.74, 6) is 0.459. The molecule has 0 aliphatic heterocycles. The number of hydrogen-bond acceptors (Lipinski definition) is 4. The average Bonchev–Trinajstić information content (AvgIpc) is 2.23. The number of nitrogens with two attached hydrogens (primary N) is 1. The normalized spacial score (nSPS) is 11.8. The van der Waals surface area contributed by atoms with Crippen LogP contribution in [0.25, 0.3) is 0 Å². The standard InChI is InChI=1S/C10H13F3IN3O/c1-2-3-6-8(14)9(15)17-7(16-6)4-18-5-10(11,12)13/h2-5H2,1H3,(H2,15,16,17).